The lowest BCUT2D eigenvalue weighted by Crippen LogP contribution is -2.47. The number of hydrogen-bond acceptors (Lipinski definition) is 4. The summed E-state index contributed by atoms with van der Waals surface area (Å²) in [6, 6.07) is 6.76. The van der Waals surface area contributed by atoms with Crippen LogP contribution in [0, 0.1) is 0 Å². The van der Waals surface area contributed by atoms with Crippen LogP contribution in [0.5, 0.6) is 0 Å². The average molecular weight is 388 g/mol. The van der Waals surface area contributed by atoms with Gasteiger partial charge in [0, 0.05) is 36.8 Å². The van der Waals surface area contributed by atoms with E-state index in [-0.39, 0.29) is 11.3 Å². The number of aryl methyl sites for hydroxylation is 1. The molecule has 8 heteroatoms. The summed E-state index contributed by atoms with van der Waals surface area (Å²) >= 11 is 0. The molecule has 1 amide bonds. The van der Waals surface area contributed by atoms with Crippen molar-refractivity contribution < 1.29 is 13.2 Å². The lowest BCUT2D eigenvalue weighted by Gasteiger charge is -2.40. The van der Waals surface area contributed by atoms with Gasteiger partial charge in [0.2, 0.25) is 10.0 Å². The summed E-state index contributed by atoms with van der Waals surface area (Å²) in [5.41, 5.74) is 3.60. The number of rotatable bonds is 3. The van der Waals surface area contributed by atoms with E-state index in [2.05, 4.69) is 10.2 Å². The van der Waals surface area contributed by atoms with Crippen molar-refractivity contribution in [2.75, 3.05) is 30.7 Å². The number of benzene rings is 1. The Morgan fingerprint density at radius 3 is 2.70 bits per heavy atom. The number of hydrogen-bond donors (Lipinski definition) is 1. The third-order valence-corrected chi connectivity index (χ3v) is 7.17. The molecule has 1 aliphatic heterocycles. The Bertz CT molecular complexity index is 967. The Morgan fingerprint density at radius 2 is 2.00 bits per heavy atom. The van der Waals surface area contributed by atoms with Crippen molar-refractivity contribution in [3.8, 4) is 0 Å². The van der Waals surface area contributed by atoms with Gasteiger partial charge in [0.25, 0.3) is 5.91 Å². The number of carbonyl (C=O) groups is 1. The van der Waals surface area contributed by atoms with Gasteiger partial charge in [0.1, 0.15) is 0 Å². The van der Waals surface area contributed by atoms with Crippen LogP contribution < -0.4 is 4.31 Å². The molecular weight excluding hydrogens is 364 g/mol. The van der Waals surface area contributed by atoms with Crippen LogP contribution in [0.2, 0.25) is 0 Å². The number of sulfonamides is 1. The zero-order valence-corrected chi connectivity index (χ0v) is 16.4. The summed E-state index contributed by atoms with van der Waals surface area (Å²) in [4.78, 5) is 15.0. The number of anilines is 1. The molecule has 1 saturated heterocycles. The van der Waals surface area contributed by atoms with Gasteiger partial charge in [0.05, 0.1) is 18.1 Å². The molecule has 1 spiro atoms. The number of carbonyl (C=O) groups excluding carboxylic acids is 1. The minimum atomic E-state index is -3.32. The van der Waals surface area contributed by atoms with Gasteiger partial charge < -0.3 is 4.90 Å². The number of amides is 1. The molecule has 27 heavy (non-hydrogen) atoms. The van der Waals surface area contributed by atoms with Gasteiger partial charge in [-0.1, -0.05) is 0 Å². The number of piperidine rings is 1. The molecule has 0 saturated carbocycles. The molecule has 1 N–H and O–H groups in total. The third-order valence-electron chi connectivity index (χ3n) is 5.96. The molecular formula is C19H24N4O3S. The molecule has 0 bridgehead atoms. The highest BCUT2D eigenvalue weighted by molar-refractivity contribution is 7.92. The van der Waals surface area contributed by atoms with Crippen LogP contribution in [0.25, 0.3) is 0 Å². The molecule has 1 fully saturated rings. The highest BCUT2D eigenvalue weighted by Gasteiger charge is 2.44. The van der Waals surface area contributed by atoms with E-state index in [1.165, 1.54) is 22.6 Å². The minimum Gasteiger partial charge on any atom is -0.338 e. The summed E-state index contributed by atoms with van der Waals surface area (Å²) < 4.78 is 24.5. The second-order valence-corrected chi connectivity index (χ2v) is 9.67. The van der Waals surface area contributed by atoms with E-state index in [1.54, 1.807) is 24.3 Å². The van der Waals surface area contributed by atoms with Crippen LogP contribution in [0.15, 0.2) is 30.5 Å². The van der Waals surface area contributed by atoms with Crippen molar-refractivity contribution in [2.45, 2.75) is 31.1 Å². The van der Waals surface area contributed by atoms with Crippen molar-refractivity contribution in [1.29, 1.82) is 0 Å². The topological polar surface area (TPSA) is 86.4 Å². The second kappa shape index (κ2) is 6.37. The lowest BCUT2D eigenvalue weighted by atomic mass is 9.77. The van der Waals surface area contributed by atoms with E-state index in [0.29, 0.717) is 17.8 Å². The van der Waals surface area contributed by atoms with Crippen LogP contribution in [0.4, 0.5) is 5.69 Å². The Morgan fingerprint density at radius 1 is 1.26 bits per heavy atom. The molecule has 1 aromatic carbocycles. The normalized spacial score (nSPS) is 22.1. The van der Waals surface area contributed by atoms with E-state index in [0.717, 1.165) is 38.5 Å². The molecule has 4 rings (SSSR count). The van der Waals surface area contributed by atoms with Gasteiger partial charge in [-0.05, 0) is 55.5 Å². The van der Waals surface area contributed by atoms with Gasteiger partial charge in [0.15, 0.2) is 0 Å². The molecule has 144 valence electrons. The van der Waals surface area contributed by atoms with E-state index < -0.39 is 10.0 Å². The first-order chi connectivity index (χ1) is 12.8. The zero-order chi connectivity index (χ0) is 19.2. The van der Waals surface area contributed by atoms with Crippen LogP contribution >= 0.6 is 0 Å². The van der Waals surface area contributed by atoms with Gasteiger partial charge in [-0.3, -0.25) is 14.2 Å². The fourth-order valence-electron chi connectivity index (χ4n) is 4.36. The molecule has 1 atom stereocenters. The summed E-state index contributed by atoms with van der Waals surface area (Å²) in [5.74, 6) is -0.00408. The molecule has 7 nitrogen and oxygen atoms in total. The van der Waals surface area contributed by atoms with E-state index in [4.69, 9.17) is 0 Å². The number of fused-ring (bicyclic) bond motifs is 2. The highest BCUT2D eigenvalue weighted by Crippen LogP contribution is 2.44. The number of nitrogens with zero attached hydrogens (tertiary/aromatic N) is 3. The van der Waals surface area contributed by atoms with Crippen molar-refractivity contribution in [3.63, 3.8) is 0 Å². The summed E-state index contributed by atoms with van der Waals surface area (Å²) in [6.45, 7) is 1.45. The van der Waals surface area contributed by atoms with E-state index in [1.807, 2.05) is 11.1 Å². The van der Waals surface area contributed by atoms with Crippen molar-refractivity contribution >= 4 is 21.6 Å². The molecule has 2 aliphatic rings. The minimum absolute atomic E-state index is 0.00378. The quantitative estimate of drug-likeness (QED) is 0.870. The molecule has 1 unspecified atom stereocenters. The van der Waals surface area contributed by atoms with Crippen LogP contribution in [0.1, 0.15) is 40.9 Å². The van der Waals surface area contributed by atoms with Gasteiger partial charge in [-0.25, -0.2) is 8.42 Å². The lowest BCUT2D eigenvalue weighted by molar-refractivity contribution is 0.0633. The predicted molar refractivity (Wildman–Crippen MR) is 103 cm³/mol. The molecule has 1 aliphatic carbocycles. The molecule has 0 radical (unpaired) electrons. The molecule has 2 heterocycles. The van der Waals surface area contributed by atoms with Crippen LogP contribution in [-0.2, 0) is 21.9 Å². The second-order valence-electron chi connectivity index (χ2n) is 7.66. The summed E-state index contributed by atoms with van der Waals surface area (Å²) in [6.07, 6.45) is 7.18. The number of aromatic amines is 1. The molecule has 2 aromatic rings. The summed E-state index contributed by atoms with van der Waals surface area (Å²) in [7, 11) is -1.82. The maximum atomic E-state index is 13.0. The summed E-state index contributed by atoms with van der Waals surface area (Å²) in [5, 5.41) is 7.35. The standard InChI is InChI=1S/C19H24N4O3S/c1-22(27(2,25)26)16-6-4-14(5-7-16)18(24)23-11-3-9-19(13-23)10-8-15-12-20-21-17(15)19/h4-7,12H,3,8-11,13H2,1-2H3,(H,20,21). The third kappa shape index (κ3) is 3.12. The van der Waals surface area contributed by atoms with Gasteiger partial charge >= 0.3 is 0 Å². The Hall–Kier alpha value is -2.35. The maximum absolute atomic E-state index is 13.0. The van der Waals surface area contributed by atoms with Gasteiger partial charge in [-0.15, -0.1) is 0 Å². The van der Waals surface area contributed by atoms with Crippen molar-refractivity contribution in [3.05, 3.63) is 47.3 Å². The first kappa shape index (κ1) is 18.0. The molecule has 1 aromatic heterocycles. The van der Waals surface area contributed by atoms with E-state index >= 15 is 0 Å². The van der Waals surface area contributed by atoms with Crippen molar-refractivity contribution in [2.24, 2.45) is 0 Å². The Labute approximate surface area is 159 Å². The SMILES string of the molecule is CN(c1ccc(C(=O)N2CCCC3(CCc4cn[nH]c43)C2)cc1)S(C)(=O)=O. The van der Waals surface area contributed by atoms with Crippen molar-refractivity contribution in [1.82, 2.24) is 15.1 Å². The predicted octanol–water partition coefficient (Wildman–Crippen LogP) is 1.93. The van der Waals surface area contributed by atoms with Gasteiger partial charge in [-0.2, -0.15) is 5.10 Å². The van der Waals surface area contributed by atoms with Crippen LogP contribution in [0.3, 0.4) is 0 Å². The largest absolute Gasteiger partial charge is 0.338 e. The highest BCUT2D eigenvalue weighted by atomic mass is 32.2. The Kier molecular flexibility index (Phi) is 4.25. The van der Waals surface area contributed by atoms with Crippen LogP contribution in [-0.4, -0.2) is 55.8 Å². The fraction of sp³-hybridized carbons (Fsp3) is 0.474. The first-order valence-electron chi connectivity index (χ1n) is 9.16. The monoisotopic (exact) mass is 388 g/mol. The fourth-order valence-corrected chi connectivity index (χ4v) is 4.86. The number of H-pyrrole nitrogens is 1. The van der Waals surface area contributed by atoms with E-state index in [9.17, 15) is 13.2 Å². The maximum Gasteiger partial charge on any atom is 0.253 e. The number of likely N-dealkylation sites (tertiary alicyclic amines) is 1. The smallest absolute Gasteiger partial charge is 0.253 e. The Balaban J connectivity index is 1.53. The number of nitrogens with one attached hydrogen (secondary N) is 1. The first-order valence-corrected chi connectivity index (χ1v) is 11.0. The average Bonchev–Trinajstić information content (AvgIpc) is 3.25. The number of aromatic nitrogens is 2. The zero-order valence-electron chi connectivity index (χ0n) is 15.6.